The van der Waals surface area contributed by atoms with Crippen LogP contribution < -0.4 is 5.32 Å². The van der Waals surface area contributed by atoms with Gasteiger partial charge in [0.05, 0.1) is 12.2 Å². The molecule has 2 heterocycles. The molecule has 1 aromatic carbocycles. The van der Waals surface area contributed by atoms with Crippen molar-refractivity contribution in [2.24, 2.45) is 0 Å². The average Bonchev–Trinajstić information content (AvgIpc) is 2.61. The number of pyridine rings is 1. The molecule has 0 spiro atoms. The molecule has 1 aliphatic rings. The lowest BCUT2D eigenvalue weighted by atomic mass is 10.1. The zero-order chi connectivity index (χ0) is 16.8. The van der Waals surface area contributed by atoms with Gasteiger partial charge in [0.25, 0.3) is 0 Å². The summed E-state index contributed by atoms with van der Waals surface area (Å²) in [6, 6.07) is 14.3. The van der Waals surface area contributed by atoms with E-state index in [-0.39, 0.29) is 6.03 Å². The topological polar surface area (TPSA) is 48.5 Å². The number of carbonyl (C=O) groups excluding carboxylic acids is 1. The van der Waals surface area contributed by atoms with Crippen LogP contribution in [0.1, 0.15) is 16.8 Å². The summed E-state index contributed by atoms with van der Waals surface area (Å²) in [4.78, 5) is 20.8. The number of aromatic nitrogens is 1. The third-order valence-electron chi connectivity index (χ3n) is 4.30. The van der Waals surface area contributed by atoms with Crippen molar-refractivity contribution in [2.75, 3.05) is 26.2 Å². The number of hydrogen-bond donors (Lipinski definition) is 1. The monoisotopic (exact) mass is 324 g/mol. The second kappa shape index (κ2) is 7.93. The minimum absolute atomic E-state index is 0.00383. The summed E-state index contributed by atoms with van der Waals surface area (Å²) in [7, 11) is 0. The van der Waals surface area contributed by atoms with Gasteiger partial charge in [-0.2, -0.15) is 0 Å². The van der Waals surface area contributed by atoms with E-state index < -0.39 is 0 Å². The molecule has 5 nitrogen and oxygen atoms in total. The number of hydrogen-bond acceptors (Lipinski definition) is 3. The molecule has 3 rings (SSSR count). The van der Waals surface area contributed by atoms with Gasteiger partial charge in [-0.25, -0.2) is 4.79 Å². The lowest BCUT2D eigenvalue weighted by Crippen LogP contribution is -2.51. The Morgan fingerprint density at radius 1 is 1.12 bits per heavy atom. The van der Waals surface area contributed by atoms with E-state index in [1.807, 2.05) is 23.1 Å². The second-order valence-corrected chi connectivity index (χ2v) is 6.23. The quantitative estimate of drug-likeness (QED) is 0.939. The Bertz CT molecular complexity index is 666. The van der Waals surface area contributed by atoms with Crippen LogP contribution in [0.25, 0.3) is 0 Å². The average molecular weight is 324 g/mol. The van der Waals surface area contributed by atoms with Crippen LogP contribution in [0.5, 0.6) is 0 Å². The number of aryl methyl sites for hydroxylation is 1. The summed E-state index contributed by atoms with van der Waals surface area (Å²) in [5.74, 6) is 0. The van der Waals surface area contributed by atoms with Gasteiger partial charge >= 0.3 is 6.03 Å². The third kappa shape index (κ3) is 4.55. The lowest BCUT2D eigenvalue weighted by molar-refractivity contribution is 0.135. The molecule has 1 N–H and O–H groups in total. The Kier molecular flexibility index (Phi) is 5.43. The van der Waals surface area contributed by atoms with Crippen molar-refractivity contribution >= 4 is 6.03 Å². The highest BCUT2D eigenvalue weighted by Gasteiger charge is 2.20. The second-order valence-electron chi connectivity index (χ2n) is 6.23. The van der Waals surface area contributed by atoms with Crippen LogP contribution in [0.2, 0.25) is 0 Å². The first-order valence-electron chi connectivity index (χ1n) is 8.41. The van der Waals surface area contributed by atoms with Crippen LogP contribution >= 0.6 is 0 Å². The minimum atomic E-state index is -0.00383. The van der Waals surface area contributed by atoms with Crippen molar-refractivity contribution in [3.63, 3.8) is 0 Å². The van der Waals surface area contributed by atoms with Gasteiger partial charge < -0.3 is 10.2 Å². The fourth-order valence-corrected chi connectivity index (χ4v) is 2.96. The first-order valence-corrected chi connectivity index (χ1v) is 8.41. The fourth-order valence-electron chi connectivity index (χ4n) is 2.96. The van der Waals surface area contributed by atoms with E-state index in [1.165, 1.54) is 11.1 Å². The molecule has 0 bridgehead atoms. The molecule has 0 atom stereocenters. The van der Waals surface area contributed by atoms with Crippen LogP contribution in [0.4, 0.5) is 4.79 Å². The van der Waals surface area contributed by atoms with Crippen molar-refractivity contribution in [1.82, 2.24) is 20.1 Å². The number of amides is 2. The van der Waals surface area contributed by atoms with Gasteiger partial charge in [0.15, 0.2) is 0 Å². The molecule has 0 aliphatic carbocycles. The Balaban J connectivity index is 1.43. The van der Waals surface area contributed by atoms with Gasteiger partial charge in [-0.3, -0.25) is 9.88 Å². The molecule has 1 aliphatic heterocycles. The zero-order valence-corrected chi connectivity index (χ0v) is 14.1. The summed E-state index contributed by atoms with van der Waals surface area (Å²) >= 11 is 0. The molecule has 2 aromatic rings. The fraction of sp³-hybridized carbons (Fsp3) is 0.368. The van der Waals surface area contributed by atoms with E-state index in [2.05, 4.69) is 46.4 Å². The van der Waals surface area contributed by atoms with E-state index in [0.29, 0.717) is 6.54 Å². The highest BCUT2D eigenvalue weighted by molar-refractivity contribution is 5.74. The Hall–Kier alpha value is -2.40. The van der Waals surface area contributed by atoms with E-state index in [1.54, 1.807) is 6.20 Å². The minimum Gasteiger partial charge on any atom is -0.332 e. The number of urea groups is 1. The van der Waals surface area contributed by atoms with E-state index in [9.17, 15) is 4.79 Å². The van der Waals surface area contributed by atoms with Gasteiger partial charge in [0.1, 0.15) is 0 Å². The van der Waals surface area contributed by atoms with Crippen molar-refractivity contribution in [2.45, 2.75) is 20.0 Å². The smallest absolute Gasteiger partial charge is 0.317 e. The zero-order valence-electron chi connectivity index (χ0n) is 14.1. The summed E-state index contributed by atoms with van der Waals surface area (Å²) in [5, 5.41) is 2.95. The summed E-state index contributed by atoms with van der Waals surface area (Å²) in [5.41, 5.74) is 3.51. The van der Waals surface area contributed by atoms with Crippen molar-refractivity contribution in [3.05, 3.63) is 65.5 Å². The molecule has 1 saturated heterocycles. The third-order valence-corrected chi connectivity index (χ3v) is 4.30. The number of nitrogens with one attached hydrogen (secondary N) is 1. The Labute approximate surface area is 143 Å². The molecule has 5 heteroatoms. The molecular weight excluding hydrogens is 300 g/mol. The molecule has 0 radical (unpaired) electrons. The molecule has 1 fully saturated rings. The van der Waals surface area contributed by atoms with E-state index in [0.717, 1.165) is 38.4 Å². The first kappa shape index (κ1) is 16.5. The maximum atomic E-state index is 12.2. The van der Waals surface area contributed by atoms with E-state index >= 15 is 0 Å². The maximum Gasteiger partial charge on any atom is 0.317 e. The highest BCUT2D eigenvalue weighted by Crippen LogP contribution is 2.10. The number of nitrogens with zero attached hydrogens (tertiary/aromatic N) is 3. The van der Waals surface area contributed by atoms with Gasteiger partial charge in [-0.05, 0) is 24.6 Å². The van der Waals surface area contributed by atoms with Crippen molar-refractivity contribution in [1.29, 1.82) is 0 Å². The van der Waals surface area contributed by atoms with Crippen LogP contribution in [0.3, 0.4) is 0 Å². The Morgan fingerprint density at radius 2 is 1.96 bits per heavy atom. The highest BCUT2D eigenvalue weighted by atomic mass is 16.2. The summed E-state index contributed by atoms with van der Waals surface area (Å²) in [6.45, 7) is 6.89. The van der Waals surface area contributed by atoms with Crippen LogP contribution in [-0.4, -0.2) is 47.0 Å². The standard InChI is InChI=1S/C19H24N4O/c1-16-5-4-6-17(13-16)15-22-9-11-23(12-10-22)19(24)21-14-18-7-2-3-8-20-18/h2-8,13H,9-12,14-15H2,1H3,(H,21,24). The lowest BCUT2D eigenvalue weighted by Gasteiger charge is -2.34. The molecule has 1 aromatic heterocycles. The predicted molar refractivity (Wildman–Crippen MR) is 94.5 cm³/mol. The summed E-state index contributed by atoms with van der Waals surface area (Å²) in [6.07, 6.45) is 1.74. The molecule has 126 valence electrons. The largest absolute Gasteiger partial charge is 0.332 e. The van der Waals surface area contributed by atoms with Gasteiger partial charge in [-0.1, -0.05) is 35.9 Å². The van der Waals surface area contributed by atoms with Gasteiger partial charge in [-0.15, -0.1) is 0 Å². The number of piperazine rings is 1. The maximum absolute atomic E-state index is 12.2. The van der Waals surface area contributed by atoms with Crippen molar-refractivity contribution < 1.29 is 4.79 Å². The number of benzene rings is 1. The molecular formula is C19H24N4O. The number of carbonyl (C=O) groups is 1. The van der Waals surface area contributed by atoms with Crippen LogP contribution in [-0.2, 0) is 13.1 Å². The van der Waals surface area contributed by atoms with Crippen molar-refractivity contribution in [3.8, 4) is 0 Å². The Morgan fingerprint density at radius 3 is 2.67 bits per heavy atom. The van der Waals surface area contributed by atoms with Crippen LogP contribution in [0.15, 0.2) is 48.7 Å². The van der Waals surface area contributed by atoms with E-state index in [4.69, 9.17) is 0 Å². The first-order chi connectivity index (χ1) is 11.7. The normalized spacial score (nSPS) is 15.3. The molecule has 0 unspecified atom stereocenters. The molecule has 24 heavy (non-hydrogen) atoms. The van der Waals surface area contributed by atoms with Gasteiger partial charge in [0.2, 0.25) is 0 Å². The molecule has 0 saturated carbocycles. The predicted octanol–water partition coefficient (Wildman–Crippen LogP) is 2.42. The molecule has 2 amide bonds. The SMILES string of the molecule is Cc1cccc(CN2CCN(C(=O)NCc3ccccn3)CC2)c1. The van der Waals surface area contributed by atoms with Gasteiger partial charge in [0, 0.05) is 38.9 Å². The van der Waals surface area contributed by atoms with Crippen LogP contribution in [0, 0.1) is 6.92 Å². The summed E-state index contributed by atoms with van der Waals surface area (Å²) < 4.78 is 0. The number of rotatable bonds is 4.